The maximum atomic E-state index is 5.38. The first-order valence-corrected chi connectivity index (χ1v) is 3.92. The Morgan fingerprint density at radius 3 is 3.11 bits per heavy atom. The zero-order valence-corrected chi connectivity index (χ0v) is 5.94. The molecule has 0 atom stereocenters. The van der Waals surface area contributed by atoms with Crippen molar-refractivity contribution < 1.29 is 4.52 Å². The minimum atomic E-state index is 0.435. The van der Waals surface area contributed by atoms with Gasteiger partial charge in [-0.1, -0.05) is 5.16 Å². The topological polar surface area (TPSA) is 52.0 Å². The summed E-state index contributed by atoms with van der Waals surface area (Å²) >= 11 is 1.69. The molecule has 0 unspecified atom stereocenters. The zero-order valence-electron chi connectivity index (χ0n) is 5.13. The molecule has 1 aromatic rings. The highest BCUT2D eigenvalue weighted by Crippen LogP contribution is 2.14. The van der Waals surface area contributed by atoms with Crippen LogP contribution in [-0.4, -0.2) is 11.4 Å². The lowest BCUT2D eigenvalue weighted by Crippen LogP contribution is -1.85. The first-order chi connectivity index (χ1) is 4.34. The number of hydrogen-bond donors (Lipinski definition) is 1. The van der Waals surface area contributed by atoms with Crippen LogP contribution in [0, 0.1) is 0 Å². The third-order valence-electron chi connectivity index (χ3n) is 0.976. The van der Waals surface area contributed by atoms with Crippen LogP contribution in [0.3, 0.4) is 0 Å². The Balaban J connectivity index is 2.69. The van der Waals surface area contributed by atoms with E-state index in [0.717, 1.165) is 11.3 Å². The number of aromatic nitrogens is 1. The van der Waals surface area contributed by atoms with E-state index in [1.54, 1.807) is 18.0 Å². The molecule has 0 saturated heterocycles. The van der Waals surface area contributed by atoms with Crippen LogP contribution in [0.1, 0.15) is 5.56 Å². The van der Waals surface area contributed by atoms with Gasteiger partial charge in [-0.25, -0.2) is 0 Å². The Kier molecular flexibility index (Phi) is 2.00. The Bertz CT molecular complexity index is 187. The summed E-state index contributed by atoms with van der Waals surface area (Å²) in [5.74, 6) is 1.30. The fraction of sp³-hybridized carbons (Fsp3) is 0.400. The van der Waals surface area contributed by atoms with E-state index < -0.39 is 0 Å². The SMILES string of the molecule is CSCc1cnoc1N. The summed E-state index contributed by atoms with van der Waals surface area (Å²) in [6.45, 7) is 0. The lowest BCUT2D eigenvalue weighted by Gasteiger charge is -1.88. The maximum Gasteiger partial charge on any atom is 0.226 e. The zero-order chi connectivity index (χ0) is 6.69. The Morgan fingerprint density at radius 2 is 2.67 bits per heavy atom. The third kappa shape index (κ3) is 1.38. The Morgan fingerprint density at radius 1 is 1.89 bits per heavy atom. The van der Waals surface area contributed by atoms with Gasteiger partial charge in [0.05, 0.1) is 6.20 Å². The molecule has 0 aromatic carbocycles. The number of rotatable bonds is 2. The van der Waals surface area contributed by atoms with Crippen molar-refractivity contribution in [2.24, 2.45) is 0 Å². The molecule has 0 aliphatic heterocycles. The molecule has 0 aliphatic carbocycles. The van der Waals surface area contributed by atoms with E-state index in [9.17, 15) is 0 Å². The second-order valence-electron chi connectivity index (χ2n) is 1.65. The minimum Gasteiger partial charge on any atom is -0.367 e. The molecule has 2 N–H and O–H groups in total. The van der Waals surface area contributed by atoms with Gasteiger partial charge in [0.25, 0.3) is 0 Å². The van der Waals surface area contributed by atoms with Gasteiger partial charge in [-0.05, 0) is 6.26 Å². The number of anilines is 1. The van der Waals surface area contributed by atoms with Crippen molar-refractivity contribution in [2.75, 3.05) is 12.0 Å². The van der Waals surface area contributed by atoms with E-state index >= 15 is 0 Å². The summed E-state index contributed by atoms with van der Waals surface area (Å²) < 4.78 is 4.63. The largest absolute Gasteiger partial charge is 0.367 e. The molecule has 1 heterocycles. The average molecular weight is 144 g/mol. The van der Waals surface area contributed by atoms with E-state index in [2.05, 4.69) is 9.68 Å². The normalized spacial score (nSPS) is 9.89. The van der Waals surface area contributed by atoms with E-state index in [1.807, 2.05) is 6.26 Å². The van der Waals surface area contributed by atoms with Gasteiger partial charge in [-0.15, -0.1) is 0 Å². The summed E-state index contributed by atoms with van der Waals surface area (Å²) in [6.07, 6.45) is 3.65. The standard InChI is InChI=1S/C5H8N2OS/c1-9-3-4-2-7-8-5(4)6/h2H,3,6H2,1H3. The van der Waals surface area contributed by atoms with Crippen molar-refractivity contribution in [1.82, 2.24) is 5.16 Å². The molecule has 0 fully saturated rings. The number of nitrogens with zero attached hydrogens (tertiary/aromatic N) is 1. The summed E-state index contributed by atoms with van der Waals surface area (Å²) in [5, 5.41) is 3.53. The molecule has 0 spiro atoms. The highest BCUT2D eigenvalue weighted by molar-refractivity contribution is 7.97. The third-order valence-corrected chi connectivity index (χ3v) is 1.58. The highest BCUT2D eigenvalue weighted by Gasteiger charge is 2.00. The number of thioether (sulfide) groups is 1. The Hall–Kier alpha value is -0.640. The highest BCUT2D eigenvalue weighted by atomic mass is 32.2. The van der Waals surface area contributed by atoms with Gasteiger partial charge in [-0.2, -0.15) is 11.8 Å². The van der Waals surface area contributed by atoms with E-state index in [-0.39, 0.29) is 0 Å². The molecule has 0 amide bonds. The van der Waals surface area contributed by atoms with Crippen molar-refractivity contribution in [2.45, 2.75) is 5.75 Å². The smallest absolute Gasteiger partial charge is 0.226 e. The van der Waals surface area contributed by atoms with Crippen molar-refractivity contribution >= 4 is 17.6 Å². The number of nitrogens with two attached hydrogens (primary N) is 1. The van der Waals surface area contributed by atoms with Crippen LogP contribution in [-0.2, 0) is 5.75 Å². The van der Waals surface area contributed by atoms with Crippen molar-refractivity contribution in [3.63, 3.8) is 0 Å². The average Bonchev–Trinajstić information content (AvgIpc) is 2.18. The van der Waals surface area contributed by atoms with E-state index in [1.165, 1.54) is 0 Å². The first-order valence-electron chi connectivity index (χ1n) is 2.52. The Labute approximate surface area is 57.6 Å². The molecule has 9 heavy (non-hydrogen) atoms. The molecular formula is C5H8N2OS. The summed E-state index contributed by atoms with van der Waals surface area (Å²) in [7, 11) is 0. The monoisotopic (exact) mass is 144 g/mol. The van der Waals surface area contributed by atoms with Crippen molar-refractivity contribution in [3.8, 4) is 0 Å². The molecule has 1 rings (SSSR count). The van der Waals surface area contributed by atoms with E-state index in [0.29, 0.717) is 5.88 Å². The molecule has 3 nitrogen and oxygen atoms in total. The van der Waals surface area contributed by atoms with Crippen LogP contribution >= 0.6 is 11.8 Å². The maximum absolute atomic E-state index is 5.38. The fourth-order valence-electron chi connectivity index (χ4n) is 0.533. The summed E-state index contributed by atoms with van der Waals surface area (Å²) in [5.41, 5.74) is 6.36. The summed E-state index contributed by atoms with van der Waals surface area (Å²) in [4.78, 5) is 0. The van der Waals surface area contributed by atoms with Crippen molar-refractivity contribution in [3.05, 3.63) is 11.8 Å². The molecule has 0 bridgehead atoms. The second kappa shape index (κ2) is 2.77. The molecule has 50 valence electrons. The molecule has 4 heteroatoms. The van der Waals surface area contributed by atoms with Gasteiger partial charge in [0.1, 0.15) is 0 Å². The van der Waals surface area contributed by atoms with Gasteiger partial charge in [0.2, 0.25) is 5.88 Å². The lowest BCUT2D eigenvalue weighted by atomic mass is 10.4. The van der Waals surface area contributed by atoms with Gasteiger partial charge >= 0.3 is 0 Å². The van der Waals surface area contributed by atoms with Crippen LogP contribution in [0.2, 0.25) is 0 Å². The predicted molar refractivity (Wildman–Crippen MR) is 38.1 cm³/mol. The van der Waals surface area contributed by atoms with Crippen LogP contribution in [0.25, 0.3) is 0 Å². The first kappa shape index (κ1) is 6.48. The molecule has 0 saturated carbocycles. The number of nitrogen functional groups attached to an aromatic ring is 1. The van der Waals surface area contributed by atoms with Crippen LogP contribution < -0.4 is 5.73 Å². The molecule has 0 radical (unpaired) electrons. The van der Waals surface area contributed by atoms with Crippen molar-refractivity contribution in [1.29, 1.82) is 0 Å². The number of hydrogen-bond acceptors (Lipinski definition) is 4. The van der Waals surface area contributed by atoms with Gasteiger partial charge in [0, 0.05) is 11.3 Å². The van der Waals surface area contributed by atoms with E-state index in [4.69, 9.17) is 5.73 Å². The fourth-order valence-corrected chi connectivity index (χ4v) is 1.06. The predicted octanol–water partition coefficient (Wildman–Crippen LogP) is 1.12. The quantitative estimate of drug-likeness (QED) is 0.675. The van der Waals surface area contributed by atoms with Crippen LogP contribution in [0.5, 0.6) is 0 Å². The minimum absolute atomic E-state index is 0.435. The van der Waals surface area contributed by atoms with Gasteiger partial charge in [-0.3, -0.25) is 0 Å². The van der Waals surface area contributed by atoms with Gasteiger partial charge in [0.15, 0.2) is 0 Å². The lowest BCUT2D eigenvalue weighted by molar-refractivity contribution is 0.436. The van der Waals surface area contributed by atoms with Crippen LogP contribution in [0.4, 0.5) is 5.88 Å². The second-order valence-corrected chi connectivity index (χ2v) is 2.51. The summed E-state index contributed by atoms with van der Waals surface area (Å²) in [6, 6.07) is 0. The van der Waals surface area contributed by atoms with Crippen LogP contribution in [0.15, 0.2) is 10.7 Å². The molecule has 0 aliphatic rings. The molecular weight excluding hydrogens is 136 g/mol. The molecule has 1 aromatic heterocycles. The van der Waals surface area contributed by atoms with Gasteiger partial charge < -0.3 is 10.3 Å².